The summed E-state index contributed by atoms with van der Waals surface area (Å²) >= 11 is 6.03. The van der Waals surface area contributed by atoms with E-state index < -0.39 is 17.7 Å². The SMILES string of the molecule is CCOc1cc(C2/C(=C(/O)c3ccncc3)C(=O)C(=O)N2c2ccc(Cl)cc2)ccc1OC. The number of ketones is 1. The number of carbonyl (C=O) groups is 2. The van der Waals surface area contributed by atoms with Gasteiger partial charge in [0.2, 0.25) is 0 Å². The number of Topliss-reactive ketones (excluding diaryl/α,β-unsaturated/α-hetero) is 1. The van der Waals surface area contributed by atoms with Crippen molar-refractivity contribution in [2.75, 3.05) is 18.6 Å². The van der Waals surface area contributed by atoms with Crippen LogP contribution in [0, 0.1) is 0 Å². The molecule has 1 atom stereocenters. The molecule has 1 N–H and O–H groups in total. The highest BCUT2D eigenvalue weighted by molar-refractivity contribution is 6.51. The summed E-state index contributed by atoms with van der Waals surface area (Å²) in [7, 11) is 1.53. The van der Waals surface area contributed by atoms with Gasteiger partial charge >= 0.3 is 0 Å². The van der Waals surface area contributed by atoms with Crippen LogP contribution < -0.4 is 14.4 Å². The molecule has 3 aromatic rings. The lowest BCUT2D eigenvalue weighted by Gasteiger charge is -2.26. The molecule has 4 rings (SSSR count). The Kier molecular flexibility index (Phi) is 6.33. The molecule has 1 amide bonds. The zero-order chi connectivity index (χ0) is 23.5. The van der Waals surface area contributed by atoms with E-state index in [1.165, 1.54) is 24.4 Å². The first-order valence-electron chi connectivity index (χ1n) is 10.2. The fraction of sp³-hybridized carbons (Fsp3) is 0.160. The molecule has 0 saturated carbocycles. The molecule has 7 nitrogen and oxygen atoms in total. The normalized spacial score (nSPS) is 17.3. The number of methoxy groups -OCH3 is 1. The van der Waals surface area contributed by atoms with E-state index in [9.17, 15) is 14.7 Å². The number of halogens is 1. The highest BCUT2D eigenvalue weighted by Crippen LogP contribution is 2.44. The van der Waals surface area contributed by atoms with Gasteiger partial charge in [0.05, 0.1) is 25.3 Å². The van der Waals surface area contributed by atoms with Crippen LogP contribution in [0.4, 0.5) is 5.69 Å². The number of aliphatic hydroxyl groups excluding tert-OH is 1. The Morgan fingerprint density at radius 2 is 1.76 bits per heavy atom. The number of hydrogen-bond donors (Lipinski definition) is 1. The average molecular weight is 465 g/mol. The maximum absolute atomic E-state index is 13.2. The molecule has 8 heteroatoms. The van der Waals surface area contributed by atoms with Crippen molar-refractivity contribution in [2.45, 2.75) is 13.0 Å². The van der Waals surface area contributed by atoms with Crippen molar-refractivity contribution < 1.29 is 24.2 Å². The minimum atomic E-state index is -0.899. The Labute approximate surface area is 195 Å². The Hall–Kier alpha value is -3.84. The fourth-order valence-electron chi connectivity index (χ4n) is 3.81. The van der Waals surface area contributed by atoms with Crippen LogP contribution in [-0.2, 0) is 9.59 Å². The van der Waals surface area contributed by atoms with Crippen molar-refractivity contribution in [3.05, 3.63) is 88.7 Å². The van der Waals surface area contributed by atoms with Gasteiger partial charge in [-0.15, -0.1) is 0 Å². The second-order valence-electron chi connectivity index (χ2n) is 7.22. The number of aliphatic hydroxyl groups is 1. The van der Waals surface area contributed by atoms with E-state index in [1.807, 2.05) is 6.92 Å². The zero-order valence-electron chi connectivity index (χ0n) is 18.0. The fourth-order valence-corrected chi connectivity index (χ4v) is 3.94. The molecule has 2 heterocycles. The third-order valence-electron chi connectivity index (χ3n) is 5.31. The Bertz CT molecular complexity index is 1230. The summed E-state index contributed by atoms with van der Waals surface area (Å²) in [5.41, 5.74) is 1.38. The highest BCUT2D eigenvalue weighted by atomic mass is 35.5. The maximum Gasteiger partial charge on any atom is 0.300 e. The lowest BCUT2D eigenvalue weighted by Crippen LogP contribution is -2.29. The number of benzene rings is 2. The van der Waals surface area contributed by atoms with Crippen LogP contribution in [0.1, 0.15) is 24.1 Å². The van der Waals surface area contributed by atoms with E-state index in [4.69, 9.17) is 21.1 Å². The number of hydrogen-bond acceptors (Lipinski definition) is 6. The van der Waals surface area contributed by atoms with Gasteiger partial charge < -0.3 is 14.6 Å². The number of carbonyl (C=O) groups excluding carboxylic acids is 2. The van der Waals surface area contributed by atoms with Crippen LogP contribution in [0.25, 0.3) is 5.76 Å². The van der Waals surface area contributed by atoms with Gasteiger partial charge in [0.25, 0.3) is 11.7 Å². The number of pyridine rings is 1. The smallest absolute Gasteiger partial charge is 0.300 e. The number of nitrogens with zero attached hydrogens (tertiary/aromatic N) is 2. The van der Waals surface area contributed by atoms with Crippen molar-refractivity contribution in [3.63, 3.8) is 0 Å². The number of anilines is 1. The molecule has 0 spiro atoms. The zero-order valence-corrected chi connectivity index (χ0v) is 18.7. The Morgan fingerprint density at radius 1 is 1.06 bits per heavy atom. The van der Waals surface area contributed by atoms with Crippen molar-refractivity contribution in [1.82, 2.24) is 4.98 Å². The molecule has 1 unspecified atom stereocenters. The number of ether oxygens (including phenoxy) is 2. The molecule has 0 aliphatic carbocycles. The number of rotatable bonds is 6. The predicted octanol–water partition coefficient (Wildman–Crippen LogP) is 4.77. The Balaban J connectivity index is 1.95. The molecule has 0 bridgehead atoms. The van der Waals surface area contributed by atoms with Gasteiger partial charge in [-0.1, -0.05) is 17.7 Å². The first-order chi connectivity index (χ1) is 16.0. The summed E-state index contributed by atoms with van der Waals surface area (Å²) in [5, 5.41) is 11.6. The highest BCUT2D eigenvalue weighted by Gasteiger charge is 2.47. The largest absolute Gasteiger partial charge is 0.507 e. The van der Waals surface area contributed by atoms with Crippen molar-refractivity contribution in [2.24, 2.45) is 0 Å². The number of aromatic nitrogens is 1. The minimum Gasteiger partial charge on any atom is -0.507 e. The topological polar surface area (TPSA) is 89.0 Å². The monoisotopic (exact) mass is 464 g/mol. The van der Waals surface area contributed by atoms with Crippen LogP contribution >= 0.6 is 11.6 Å². The minimum absolute atomic E-state index is 0.0336. The van der Waals surface area contributed by atoms with Crippen molar-refractivity contribution >= 4 is 34.7 Å². The predicted molar refractivity (Wildman–Crippen MR) is 125 cm³/mol. The average Bonchev–Trinajstić information content (AvgIpc) is 3.10. The lowest BCUT2D eigenvalue weighted by molar-refractivity contribution is -0.132. The maximum atomic E-state index is 13.2. The van der Waals surface area contributed by atoms with Crippen LogP contribution in [0.5, 0.6) is 11.5 Å². The summed E-state index contributed by atoms with van der Waals surface area (Å²) in [6, 6.07) is 14.0. The third-order valence-corrected chi connectivity index (χ3v) is 5.56. The molecule has 2 aromatic carbocycles. The van der Waals surface area contributed by atoms with Crippen LogP contribution in [0.15, 0.2) is 72.6 Å². The first-order valence-corrected chi connectivity index (χ1v) is 10.6. The van der Waals surface area contributed by atoms with Crippen LogP contribution in [0.3, 0.4) is 0 Å². The van der Waals surface area contributed by atoms with Crippen molar-refractivity contribution in [1.29, 1.82) is 0 Å². The summed E-state index contributed by atoms with van der Waals surface area (Å²) in [6.07, 6.45) is 3.00. The molecule has 33 heavy (non-hydrogen) atoms. The molecule has 1 aromatic heterocycles. The molecular weight excluding hydrogens is 444 g/mol. The first kappa shape index (κ1) is 22.4. The van der Waals surface area contributed by atoms with E-state index in [0.717, 1.165) is 0 Å². The van der Waals surface area contributed by atoms with E-state index in [1.54, 1.807) is 54.6 Å². The van der Waals surface area contributed by atoms with Gasteiger partial charge in [0.1, 0.15) is 5.76 Å². The molecule has 168 valence electrons. The standard InChI is InChI=1S/C25H21ClN2O5/c1-3-33-20-14-16(4-9-19(20)32-2)22-21(23(29)15-10-12-27-13-11-15)24(30)25(31)28(22)18-7-5-17(26)6-8-18/h4-14,22,29H,3H2,1-2H3/b23-21-. The number of amides is 1. The third kappa shape index (κ3) is 4.15. The summed E-state index contributed by atoms with van der Waals surface area (Å²) in [5.74, 6) is -0.864. The molecule has 1 fully saturated rings. The molecule has 0 radical (unpaired) electrons. The molecular formula is C25H21ClN2O5. The van der Waals surface area contributed by atoms with Gasteiger partial charge in [0.15, 0.2) is 11.5 Å². The second-order valence-corrected chi connectivity index (χ2v) is 7.66. The quantitative estimate of drug-likeness (QED) is 0.321. The van der Waals surface area contributed by atoms with Crippen molar-refractivity contribution in [3.8, 4) is 11.5 Å². The summed E-state index contributed by atoms with van der Waals surface area (Å²) in [6.45, 7) is 2.24. The van der Waals surface area contributed by atoms with Gasteiger partial charge in [0, 0.05) is 28.7 Å². The van der Waals surface area contributed by atoms with Gasteiger partial charge in [-0.05, 0) is 61.0 Å². The Morgan fingerprint density at radius 3 is 2.39 bits per heavy atom. The van der Waals surface area contributed by atoms with Crippen LogP contribution in [-0.4, -0.2) is 35.5 Å². The van der Waals surface area contributed by atoms with Crippen LogP contribution in [0.2, 0.25) is 5.02 Å². The van der Waals surface area contributed by atoms with Gasteiger partial charge in [-0.25, -0.2) is 0 Å². The second kappa shape index (κ2) is 9.34. The summed E-state index contributed by atoms with van der Waals surface area (Å²) < 4.78 is 11.1. The van der Waals surface area contributed by atoms with E-state index >= 15 is 0 Å². The van der Waals surface area contributed by atoms with E-state index in [0.29, 0.717) is 39.9 Å². The van der Waals surface area contributed by atoms with E-state index in [2.05, 4.69) is 4.98 Å². The molecule has 1 aliphatic heterocycles. The lowest BCUT2D eigenvalue weighted by atomic mass is 9.95. The van der Waals surface area contributed by atoms with Gasteiger partial charge in [-0.3, -0.25) is 19.5 Å². The molecule has 1 aliphatic rings. The van der Waals surface area contributed by atoms with E-state index in [-0.39, 0.29) is 11.3 Å². The summed E-state index contributed by atoms with van der Waals surface area (Å²) in [4.78, 5) is 31.7. The molecule has 1 saturated heterocycles. The van der Waals surface area contributed by atoms with Gasteiger partial charge in [-0.2, -0.15) is 0 Å².